The van der Waals surface area contributed by atoms with Gasteiger partial charge in [0, 0.05) is 44.4 Å². The SMILES string of the molecule is COC(=O)c1sc(-n2cnc3ccc(CN4CCN(C(=O)OC(C)(C)C)CC4)cc32)cc1OC(C)c1ccccc1C(F)(F)F. The predicted molar refractivity (Wildman–Crippen MR) is 164 cm³/mol. The van der Waals surface area contributed by atoms with Crippen molar-refractivity contribution in [3.63, 3.8) is 0 Å². The van der Waals surface area contributed by atoms with E-state index >= 15 is 0 Å². The first kappa shape index (κ1) is 32.3. The third-order valence-electron chi connectivity index (χ3n) is 7.34. The number of aromatic nitrogens is 2. The van der Waals surface area contributed by atoms with E-state index in [4.69, 9.17) is 14.2 Å². The maximum absolute atomic E-state index is 13.7. The van der Waals surface area contributed by atoms with Crippen LogP contribution in [0.2, 0.25) is 0 Å². The summed E-state index contributed by atoms with van der Waals surface area (Å²) in [6.45, 7) is 10.2. The molecule has 2 aromatic carbocycles. The van der Waals surface area contributed by atoms with Gasteiger partial charge in [-0.2, -0.15) is 13.2 Å². The highest BCUT2D eigenvalue weighted by atomic mass is 32.1. The second kappa shape index (κ2) is 12.7. The van der Waals surface area contributed by atoms with Gasteiger partial charge >= 0.3 is 18.2 Å². The van der Waals surface area contributed by atoms with Crippen LogP contribution in [0.15, 0.2) is 54.9 Å². The molecule has 1 aliphatic rings. The van der Waals surface area contributed by atoms with E-state index in [9.17, 15) is 22.8 Å². The van der Waals surface area contributed by atoms with E-state index in [1.54, 1.807) is 17.3 Å². The Kier molecular flexibility index (Phi) is 9.13. The Balaban J connectivity index is 1.36. The molecule has 4 aromatic rings. The molecule has 5 rings (SSSR count). The fraction of sp³-hybridized carbons (Fsp3) is 0.406. The lowest BCUT2D eigenvalue weighted by Crippen LogP contribution is -2.49. The minimum atomic E-state index is -4.56. The number of carbonyl (C=O) groups excluding carboxylic acids is 2. The summed E-state index contributed by atoms with van der Waals surface area (Å²) in [6, 6.07) is 12.8. The summed E-state index contributed by atoms with van der Waals surface area (Å²) in [7, 11) is 1.24. The van der Waals surface area contributed by atoms with Gasteiger partial charge in [-0.3, -0.25) is 9.47 Å². The zero-order chi connectivity index (χ0) is 32.5. The summed E-state index contributed by atoms with van der Waals surface area (Å²) in [5.41, 5.74) is 1.17. The standard InChI is InChI=1S/C32H35F3N4O5S/c1-20(22-8-6-7-9-23(22)32(33,34)35)43-26-17-27(45-28(26)29(40)42-5)39-19-36-24-11-10-21(16-25(24)39)18-37-12-14-38(15-13-37)30(41)44-31(2,3)4/h6-11,16-17,19-20H,12-15,18H2,1-5H3. The van der Waals surface area contributed by atoms with Crippen LogP contribution in [0.1, 0.15) is 60.2 Å². The van der Waals surface area contributed by atoms with Crippen molar-refractivity contribution in [2.45, 2.75) is 52.1 Å². The van der Waals surface area contributed by atoms with Crippen LogP contribution in [-0.4, -0.2) is 70.3 Å². The number of rotatable bonds is 7. The lowest BCUT2D eigenvalue weighted by Gasteiger charge is -2.35. The Morgan fingerprint density at radius 1 is 1.02 bits per heavy atom. The molecule has 2 aromatic heterocycles. The first-order chi connectivity index (χ1) is 21.2. The van der Waals surface area contributed by atoms with Gasteiger partial charge in [-0.15, -0.1) is 11.3 Å². The number of carbonyl (C=O) groups is 2. The Bertz CT molecular complexity index is 1690. The number of piperazine rings is 1. The molecule has 45 heavy (non-hydrogen) atoms. The average Bonchev–Trinajstić information content (AvgIpc) is 3.59. The molecule has 0 aliphatic carbocycles. The molecule has 0 spiro atoms. The number of hydrogen-bond donors (Lipinski definition) is 0. The van der Waals surface area contributed by atoms with Crippen LogP contribution in [-0.2, 0) is 22.2 Å². The van der Waals surface area contributed by atoms with E-state index in [1.807, 2.05) is 43.5 Å². The van der Waals surface area contributed by atoms with Crippen LogP contribution in [0.3, 0.4) is 0 Å². The Morgan fingerprint density at radius 2 is 1.73 bits per heavy atom. The number of methoxy groups -OCH3 is 1. The van der Waals surface area contributed by atoms with Gasteiger partial charge in [-0.05, 0) is 51.5 Å². The lowest BCUT2D eigenvalue weighted by atomic mass is 10.0. The summed E-state index contributed by atoms with van der Waals surface area (Å²) in [5.74, 6) is -0.541. The van der Waals surface area contributed by atoms with Crippen LogP contribution in [0.5, 0.6) is 5.75 Å². The molecule has 0 radical (unpaired) electrons. The van der Waals surface area contributed by atoms with Gasteiger partial charge < -0.3 is 19.1 Å². The van der Waals surface area contributed by atoms with E-state index in [0.29, 0.717) is 37.7 Å². The van der Waals surface area contributed by atoms with Crippen LogP contribution in [0.25, 0.3) is 16.0 Å². The van der Waals surface area contributed by atoms with Gasteiger partial charge in [0.1, 0.15) is 28.8 Å². The molecule has 0 N–H and O–H groups in total. The molecule has 9 nitrogen and oxygen atoms in total. The second-order valence-corrected chi connectivity index (χ2v) is 12.8. The van der Waals surface area contributed by atoms with Crippen molar-refractivity contribution in [3.05, 3.63) is 76.4 Å². The number of nitrogens with zero attached hydrogens (tertiary/aromatic N) is 4. The zero-order valence-corrected chi connectivity index (χ0v) is 26.5. The maximum Gasteiger partial charge on any atom is 0.416 e. The van der Waals surface area contributed by atoms with Crippen LogP contribution < -0.4 is 4.74 Å². The molecule has 1 atom stereocenters. The van der Waals surface area contributed by atoms with E-state index in [1.165, 1.54) is 32.2 Å². The number of hydrogen-bond acceptors (Lipinski definition) is 8. The lowest BCUT2D eigenvalue weighted by molar-refractivity contribution is -0.139. The summed E-state index contributed by atoms with van der Waals surface area (Å²) >= 11 is 1.10. The van der Waals surface area contributed by atoms with Crippen LogP contribution in [0, 0.1) is 0 Å². The molecule has 0 saturated carbocycles. The first-order valence-corrected chi connectivity index (χ1v) is 15.3. The molecule has 13 heteroatoms. The number of alkyl halides is 3. The highest BCUT2D eigenvalue weighted by Crippen LogP contribution is 2.39. The monoisotopic (exact) mass is 644 g/mol. The van der Waals surface area contributed by atoms with Crippen LogP contribution >= 0.6 is 11.3 Å². The predicted octanol–water partition coefficient (Wildman–Crippen LogP) is 7.09. The fourth-order valence-electron chi connectivity index (χ4n) is 5.17. The number of halogens is 3. The highest BCUT2D eigenvalue weighted by Gasteiger charge is 2.35. The van der Waals surface area contributed by atoms with Crippen molar-refractivity contribution in [1.29, 1.82) is 0 Å². The number of ether oxygens (including phenoxy) is 3. The molecule has 3 heterocycles. The summed E-state index contributed by atoms with van der Waals surface area (Å²) in [6.07, 6.45) is -4.24. The van der Waals surface area contributed by atoms with Crippen molar-refractivity contribution < 1.29 is 37.0 Å². The number of esters is 1. The molecule has 1 aliphatic heterocycles. The zero-order valence-electron chi connectivity index (χ0n) is 25.7. The Labute approximate surface area is 263 Å². The van der Waals surface area contributed by atoms with Crippen molar-refractivity contribution in [2.24, 2.45) is 0 Å². The summed E-state index contributed by atoms with van der Waals surface area (Å²) < 4.78 is 59.3. The molecule has 240 valence electrons. The topological polar surface area (TPSA) is 86.1 Å². The quantitative estimate of drug-likeness (QED) is 0.199. The summed E-state index contributed by atoms with van der Waals surface area (Å²) in [4.78, 5) is 33.8. The summed E-state index contributed by atoms with van der Waals surface area (Å²) in [5, 5.41) is 0.590. The van der Waals surface area contributed by atoms with Gasteiger partial charge in [0.2, 0.25) is 0 Å². The number of amides is 1. The molecule has 1 fully saturated rings. The van der Waals surface area contributed by atoms with E-state index in [2.05, 4.69) is 9.88 Å². The van der Waals surface area contributed by atoms with Crippen LogP contribution in [0.4, 0.5) is 18.0 Å². The number of fused-ring (bicyclic) bond motifs is 1. The van der Waals surface area contributed by atoms with Gasteiger partial charge in [0.15, 0.2) is 4.88 Å². The van der Waals surface area contributed by atoms with Crippen molar-refractivity contribution in [1.82, 2.24) is 19.4 Å². The average molecular weight is 645 g/mol. The van der Waals surface area contributed by atoms with E-state index < -0.39 is 29.4 Å². The second-order valence-electron chi connectivity index (χ2n) is 11.8. The number of thiophene rings is 1. The molecular formula is C32H35F3N4O5S. The smallest absolute Gasteiger partial charge is 0.416 e. The molecule has 1 unspecified atom stereocenters. The van der Waals surface area contributed by atoms with Gasteiger partial charge in [-0.1, -0.05) is 24.3 Å². The molecule has 1 amide bonds. The molecule has 1 saturated heterocycles. The van der Waals surface area contributed by atoms with Crippen molar-refractivity contribution in [2.75, 3.05) is 33.3 Å². The minimum Gasteiger partial charge on any atom is -0.484 e. The van der Waals surface area contributed by atoms with Crippen molar-refractivity contribution >= 4 is 34.4 Å². The third-order valence-corrected chi connectivity index (χ3v) is 8.44. The first-order valence-electron chi connectivity index (χ1n) is 14.4. The van der Waals surface area contributed by atoms with Gasteiger partial charge in [-0.25, -0.2) is 14.6 Å². The van der Waals surface area contributed by atoms with E-state index in [-0.39, 0.29) is 22.3 Å². The molecule has 0 bridgehead atoms. The normalized spacial score (nSPS) is 15.2. The largest absolute Gasteiger partial charge is 0.484 e. The van der Waals surface area contributed by atoms with E-state index in [0.717, 1.165) is 34.0 Å². The minimum absolute atomic E-state index is 0.0433. The maximum atomic E-state index is 13.7. The molecular weight excluding hydrogens is 609 g/mol. The Hall–Kier alpha value is -4.10. The number of imidazole rings is 1. The fourth-order valence-corrected chi connectivity index (χ4v) is 6.16. The highest BCUT2D eigenvalue weighted by molar-refractivity contribution is 7.16. The third kappa shape index (κ3) is 7.42. The van der Waals surface area contributed by atoms with Gasteiger partial charge in [0.05, 0.1) is 23.7 Å². The van der Waals surface area contributed by atoms with Crippen molar-refractivity contribution in [3.8, 4) is 10.8 Å². The Morgan fingerprint density at radius 3 is 2.40 bits per heavy atom. The number of benzene rings is 2. The van der Waals surface area contributed by atoms with Gasteiger partial charge in [0.25, 0.3) is 0 Å².